The van der Waals surface area contributed by atoms with Crippen molar-refractivity contribution in [2.24, 2.45) is 0 Å². The van der Waals surface area contributed by atoms with E-state index < -0.39 is 0 Å². The minimum absolute atomic E-state index is 0.329. The zero-order valence-corrected chi connectivity index (χ0v) is 10.5. The van der Waals surface area contributed by atoms with E-state index in [1.165, 1.54) is 0 Å². The molecule has 0 aliphatic carbocycles. The van der Waals surface area contributed by atoms with Crippen molar-refractivity contribution in [2.75, 3.05) is 0 Å². The molecule has 0 bridgehead atoms. The average molecular weight is 239 g/mol. The second kappa shape index (κ2) is 6.04. The van der Waals surface area contributed by atoms with Gasteiger partial charge in [0.25, 0.3) is 0 Å². The predicted octanol–water partition coefficient (Wildman–Crippen LogP) is 2.37. The maximum atomic E-state index is 5.27. The smallest absolute Gasteiger partial charge is 0.0645 e. The molecule has 92 valence electrons. The van der Waals surface area contributed by atoms with Gasteiger partial charge in [-0.15, -0.1) is 12.3 Å². The Kier molecular flexibility index (Phi) is 4.16. The third kappa shape index (κ3) is 3.22. The zero-order chi connectivity index (χ0) is 12.8. The third-order valence-electron chi connectivity index (χ3n) is 2.74. The van der Waals surface area contributed by atoms with Gasteiger partial charge in [0.15, 0.2) is 0 Å². The Labute approximate surface area is 108 Å². The van der Waals surface area contributed by atoms with Gasteiger partial charge in [-0.2, -0.15) is 5.10 Å². The number of benzene rings is 1. The number of aromatic nitrogens is 2. The highest BCUT2D eigenvalue weighted by atomic mass is 15.3. The number of para-hydroxylation sites is 1. The quantitative estimate of drug-likeness (QED) is 0.812. The van der Waals surface area contributed by atoms with Crippen molar-refractivity contribution in [3.8, 4) is 18.0 Å². The van der Waals surface area contributed by atoms with Crippen LogP contribution in [0.25, 0.3) is 5.69 Å². The Morgan fingerprint density at radius 3 is 2.89 bits per heavy atom. The lowest BCUT2D eigenvalue weighted by atomic mass is 10.2. The van der Waals surface area contributed by atoms with E-state index in [9.17, 15) is 0 Å². The van der Waals surface area contributed by atoms with Crippen LogP contribution in [-0.2, 0) is 6.54 Å². The summed E-state index contributed by atoms with van der Waals surface area (Å²) < 4.78 is 1.88. The van der Waals surface area contributed by atoms with Gasteiger partial charge in [0.1, 0.15) is 0 Å². The molecule has 1 aromatic carbocycles. The van der Waals surface area contributed by atoms with E-state index in [0.717, 1.165) is 24.2 Å². The highest BCUT2D eigenvalue weighted by molar-refractivity contribution is 5.30. The molecule has 1 N–H and O–H groups in total. The van der Waals surface area contributed by atoms with Crippen molar-refractivity contribution in [1.82, 2.24) is 15.1 Å². The average Bonchev–Trinajstić information content (AvgIpc) is 2.87. The molecule has 0 aliphatic heterocycles. The van der Waals surface area contributed by atoms with Crippen molar-refractivity contribution < 1.29 is 0 Å². The molecule has 18 heavy (non-hydrogen) atoms. The van der Waals surface area contributed by atoms with Crippen LogP contribution in [0.3, 0.4) is 0 Å². The summed E-state index contributed by atoms with van der Waals surface area (Å²) in [6.07, 6.45) is 9.93. The molecule has 1 aromatic heterocycles. The van der Waals surface area contributed by atoms with Crippen LogP contribution in [0.5, 0.6) is 0 Å². The number of hydrogen-bond acceptors (Lipinski definition) is 2. The molecule has 0 saturated heterocycles. The molecule has 2 aromatic rings. The summed E-state index contributed by atoms with van der Waals surface area (Å²) in [5, 5.41) is 7.72. The van der Waals surface area contributed by atoms with Gasteiger partial charge in [-0.3, -0.25) is 0 Å². The van der Waals surface area contributed by atoms with Crippen LogP contribution in [0.15, 0.2) is 42.7 Å². The van der Waals surface area contributed by atoms with Crippen molar-refractivity contribution >= 4 is 0 Å². The molecule has 3 heteroatoms. The largest absolute Gasteiger partial charge is 0.309 e. The summed E-state index contributed by atoms with van der Waals surface area (Å²) in [6.45, 7) is 2.87. The molecule has 2 rings (SSSR count). The highest BCUT2D eigenvalue weighted by Crippen LogP contribution is 2.07. The molecular formula is C15H17N3. The number of terminal acetylenes is 1. The summed E-state index contributed by atoms with van der Waals surface area (Å²) in [6, 6.07) is 10.4. The summed E-state index contributed by atoms with van der Waals surface area (Å²) in [4.78, 5) is 0. The molecule has 0 saturated carbocycles. The van der Waals surface area contributed by atoms with E-state index >= 15 is 0 Å². The summed E-state index contributed by atoms with van der Waals surface area (Å²) in [5.41, 5.74) is 2.23. The summed E-state index contributed by atoms with van der Waals surface area (Å²) >= 11 is 0. The lowest BCUT2D eigenvalue weighted by molar-refractivity contribution is 0.559. The second-order valence-electron chi connectivity index (χ2n) is 4.32. The Bertz CT molecular complexity index is 522. The van der Waals surface area contributed by atoms with Gasteiger partial charge in [-0.05, 0) is 19.1 Å². The fourth-order valence-electron chi connectivity index (χ4n) is 1.71. The van der Waals surface area contributed by atoms with Gasteiger partial charge >= 0.3 is 0 Å². The van der Waals surface area contributed by atoms with Gasteiger partial charge < -0.3 is 5.32 Å². The SMILES string of the molecule is C#CC[C@H](C)NCc1cnn(-c2ccccc2)c1. The maximum absolute atomic E-state index is 5.27. The van der Waals surface area contributed by atoms with E-state index in [0.29, 0.717) is 6.04 Å². The van der Waals surface area contributed by atoms with Crippen LogP contribution >= 0.6 is 0 Å². The monoisotopic (exact) mass is 239 g/mol. The van der Waals surface area contributed by atoms with Crippen molar-refractivity contribution in [3.63, 3.8) is 0 Å². The molecule has 0 spiro atoms. The van der Waals surface area contributed by atoms with Crippen LogP contribution < -0.4 is 5.32 Å². The van der Waals surface area contributed by atoms with Gasteiger partial charge in [-0.1, -0.05) is 18.2 Å². The Hall–Kier alpha value is -2.05. The van der Waals surface area contributed by atoms with Gasteiger partial charge in [0.2, 0.25) is 0 Å². The Morgan fingerprint density at radius 1 is 1.39 bits per heavy atom. The van der Waals surface area contributed by atoms with Crippen LogP contribution in [0.4, 0.5) is 0 Å². The predicted molar refractivity (Wildman–Crippen MR) is 73.3 cm³/mol. The molecule has 0 amide bonds. The zero-order valence-electron chi connectivity index (χ0n) is 10.5. The number of hydrogen-bond donors (Lipinski definition) is 1. The molecule has 0 fully saturated rings. The molecule has 0 radical (unpaired) electrons. The van der Waals surface area contributed by atoms with Crippen LogP contribution in [0, 0.1) is 12.3 Å². The van der Waals surface area contributed by atoms with E-state index in [2.05, 4.69) is 23.3 Å². The van der Waals surface area contributed by atoms with Crippen molar-refractivity contribution in [1.29, 1.82) is 0 Å². The number of rotatable bonds is 5. The van der Waals surface area contributed by atoms with Crippen LogP contribution in [0.1, 0.15) is 18.9 Å². The van der Waals surface area contributed by atoms with E-state index in [-0.39, 0.29) is 0 Å². The molecule has 1 atom stereocenters. The van der Waals surface area contributed by atoms with Crippen molar-refractivity contribution in [3.05, 3.63) is 48.3 Å². The van der Waals surface area contributed by atoms with Gasteiger partial charge in [0, 0.05) is 30.8 Å². The molecule has 0 unspecified atom stereocenters. The number of nitrogens with one attached hydrogen (secondary N) is 1. The minimum atomic E-state index is 0.329. The standard InChI is InChI=1S/C15H17N3/c1-3-7-13(2)16-10-14-11-17-18(12-14)15-8-5-4-6-9-15/h1,4-6,8-9,11-13,16H,7,10H2,2H3/t13-/m0/s1. The Balaban J connectivity index is 1.97. The minimum Gasteiger partial charge on any atom is -0.309 e. The lowest BCUT2D eigenvalue weighted by Crippen LogP contribution is -2.24. The first kappa shape index (κ1) is 12.4. The first-order valence-corrected chi connectivity index (χ1v) is 6.05. The summed E-state index contributed by atoms with van der Waals surface area (Å²) in [5.74, 6) is 2.65. The third-order valence-corrected chi connectivity index (χ3v) is 2.74. The van der Waals surface area contributed by atoms with Gasteiger partial charge in [-0.25, -0.2) is 4.68 Å². The molecular weight excluding hydrogens is 222 g/mol. The topological polar surface area (TPSA) is 29.9 Å². The Morgan fingerprint density at radius 2 is 2.17 bits per heavy atom. The van der Waals surface area contributed by atoms with E-state index in [1.807, 2.05) is 47.4 Å². The lowest BCUT2D eigenvalue weighted by Gasteiger charge is -2.08. The normalized spacial score (nSPS) is 12.0. The van der Waals surface area contributed by atoms with Crippen LogP contribution in [-0.4, -0.2) is 15.8 Å². The first-order chi connectivity index (χ1) is 8.79. The summed E-state index contributed by atoms with van der Waals surface area (Å²) in [7, 11) is 0. The van der Waals surface area contributed by atoms with Gasteiger partial charge in [0.05, 0.1) is 11.9 Å². The molecule has 0 aliphatic rings. The fraction of sp³-hybridized carbons (Fsp3) is 0.267. The van der Waals surface area contributed by atoms with Crippen LogP contribution in [0.2, 0.25) is 0 Å². The van der Waals surface area contributed by atoms with Crippen molar-refractivity contribution in [2.45, 2.75) is 25.9 Å². The highest BCUT2D eigenvalue weighted by Gasteiger charge is 2.02. The molecule has 1 heterocycles. The fourth-order valence-corrected chi connectivity index (χ4v) is 1.71. The molecule has 3 nitrogen and oxygen atoms in total. The maximum Gasteiger partial charge on any atom is 0.0645 e. The van der Waals surface area contributed by atoms with E-state index in [1.54, 1.807) is 0 Å². The second-order valence-corrected chi connectivity index (χ2v) is 4.32. The number of nitrogens with zero attached hydrogens (tertiary/aromatic N) is 2. The van der Waals surface area contributed by atoms with E-state index in [4.69, 9.17) is 6.42 Å². The first-order valence-electron chi connectivity index (χ1n) is 6.05.